The van der Waals surface area contributed by atoms with E-state index in [4.69, 9.17) is 4.42 Å². The molecule has 0 saturated heterocycles. The van der Waals surface area contributed by atoms with Crippen molar-refractivity contribution in [2.24, 2.45) is 0 Å². The zero-order valence-corrected chi connectivity index (χ0v) is 14.5. The average molecular weight is 373 g/mol. The molecule has 0 radical (unpaired) electrons. The molecule has 114 valence electrons. The predicted molar refractivity (Wildman–Crippen MR) is 85.9 cm³/mol. The molecular formula is C14H17BrN2O3S. The van der Waals surface area contributed by atoms with Crippen molar-refractivity contribution in [1.29, 1.82) is 0 Å². The van der Waals surface area contributed by atoms with Crippen LogP contribution in [0.4, 0.5) is 5.69 Å². The summed E-state index contributed by atoms with van der Waals surface area (Å²) in [7, 11) is -0.376. The molecule has 2 aromatic rings. The van der Waals surface area contributed by atoms with Crippen LogP contribution in [0.15, 0.2) is 44.3 Å². The molecule has 0 saturated carbocycles. The van der Waals surface area contributed by atoms with E-state index in [2.05, 4.69) is 21.2 Å². The molecule has 1 heterocycles. The Hall–Kier alpha value is -1.31. The molecule has 21 heavy (non-hydrogen) atoms. The fourth-order valence-corrected chi connectivity index (χ4v) is 4.03. The summed E-state index contributed by atoms with van der Waals surface area (Å²) in [6.07, 6.45) is 0. The summed E-state index contributed by atoms with van der Waals surface area (Å²) in [5, 5.41) is 2.92. The van der Waals surface area contributed by atoms with Gasteiger partial charge >= 0.3 is 0 Å². The molecule has 1 aromatic heterocycles. The lowest BCUT2D eigenvalue weighted by Crippen LogP contribution is -2.26. The van der Waals surface area contributed by atoms with Crippen molar-refractivity contribution in [1.82, 2.24) is 5.32 Å². The van der Waals surface area contributed by atoms with E-state index in [-0.39, 0.29) is 9.56 Å². The number of nitrogens with one attached hydrogen (secondary N) is 1. The van der Waals surface area contributed by atoms with Gasteiger partial charge in [-0.15, -0.1) is 0 Å². The third kappa shape index (κ3) is 3.30. The normalized spacial score (nSPS) is 11.6. The maximum absolute atomic E-state index is 12.7. The molecule has 0 aliphatic carbocycles. The lowest BCUT2D eigenvalue weighted by molar-refractivity contribution is 0.470. The smallest absolute Gasteiger partial charge is 0.268 e. The van der Waals surface area contributed by atoms with Gasteiger partial charge < -0.3 is 9.73 Å². The first kappa shape index (κ1) is 16.1. The van der Waals surface area contributed by atoms with Crippen LogP contribution >= 0.6 is 15.9 Å². The third-order valence-corrected chi connectivity index (χ3v) is 5.74. The highest BCUT2D eigenvalue weighted by Crippen LogP contribution is 2.30. The summed E-state index contributed by atoms with van der Waals surface area (Å²) in [6.45, 7) is 2.41. The van der Waals surface area contributed by atoms with E-state index < -0.39 is 10.0 Å². The van der Waals surface area contributed by atoms with Crippen LogP contribution < -0.4 is 9.62 Å². The summed E-state index contributed by atoms with van der Waals surface area (Å²) in [5.41, 5.74) is 1.68. The van der Waals surface area contributed by atoms with E-state index in [0.717, 1.165) is 5.56 Å². The lowest BCUT2D eigenvalue weighted by atomic mass is 10.2. The van der Waals surface area contributed by atoms with Crippen LogP contribution in [0.3, 0.4) is 0 Å². The molecule has 0 aliphatic rings. The Bertz CT molecular complexity index is 723. The fraction of sp³-hybridized carbons (Fsp3) is 0.286. The second-order valence-electron chi connectivity index (χ2n) is 4.69. The third-order valence-electron chi connectivity index (χ3n) is 3.09. The summed E-state index contributed by atoms with van der Waals surface area (Å²) in [6, 6.07) is 8.82. The van der Waals surface area contributed by atoms with Gasteiger partial charge in [0, 0.05) is 13.1 Å². The van der Waals surface area contributed by atoms with E-state index in [1.807, 2.05) is 19.1 Å². The number of rotatable bonds is 5. The Morgan fingerprint density at radius 3 is 2.48 bits per heavy atom. The molecule has 7 heteroatoms. The molecule has 1 aromatic carbocycles. The van der Waals surface area contributed by atoms with Gasteiger partial charge in [-0.3, -0.25) is 4.31 Å². The summed E-state index contributed by atoms with van der Waals surface area (Å²) >= 11 is 3.18. The van der Waals surface area contributed by atoms with Gasteiger partial charge in [0.1, 0.15) is 10.7 Å². The van der Waals surface area contributed by atoms with Crippen molar-refractivity contribution < 1.29 is 12.8 Å². The van der Waals surface area contributed by atoms with Crippen LogP contribution in [0.5, 0.6) is 0 Å². The van der Waals surface area contributed by atoms with Crippen molar-refractivity contribution in [3.05, 3.63) is 46.3 Å². The minimum Gasteiger partial charge on any atom is -0.451 e. The number of benzene rings is 1. The lowest BCUT2D eigenvalue weighted by Gasteiger charge is -2.18. The molecule has 5 nitrogen and oxygen atoms in total. The van der Waals surface area contributed by atoms with Crippen LogP contribution in [-0.2, 0) is 16.6 Å². The van der Waals surface area contributed by atoms with Crippen molar-refractivity contribution in [3.8, 4) is 0 Å². The Balaban J connectivity index is 2.39. The van der Waals surface area contributed by atoms with Gasteiger partial charge in [0.05, 0.1) is 12.2 Å². The number of furan rings is 1. The highest BCUT2D eigenvalue weighted by Gasteiger charge is 2.27. The van der Waals surface area contributed by atoms with Crippen molar-refractivity contribution in [2.75, 3.05) is 18.4 Å². The zero-order valence-electron chi connectivity index (χ0n) is 12.1. The van der Waals surface area contributed by atoms with Crippen LogP contribution in [0.25, 0.3) is 0 Å². The van der Waals surface area contributed by atoms with Crippen LogP contribution in [-0.4, -0.2) is 22.5 Å². The summed E-state index contributed by atoms with van der Waals surface area (Å²) in [4.78, 5) is 0.121. The number of sulfonamides is 1. The maximum Gasteiger partial charge on any atom is 0.268 e. The first-order valence-corrected chi connectivity index (χ1v) is 8.58. The van der Waals surface area contributed by atoms with Gasteiger partial charge in [0.2, 0.25) is 0 Å². The first-order chi connectivity index (χ1) is 9.86. The zero-order chi connectivity index (χ0) is 15.6. The molecule has 0 bridgehead atoms. The van der Waals surface area contributed by atoms with Crippen molar-refractivity contribution in [3.63, 3.8) is 0 Å². The number of hydrogen-bond acceptors (Lipinski definition) is 4. The van der Waals surface area contributed by atoms with Gasteiger partial charge in [0.25, 0.3) is 10.0 Å². The standard InChI is InChI=1S/C14H17BrN2O3S/c1-10-4-6-11(7-5-10)17(3)21(18,19)13-8-12(9-16-2)20-14(13)15/h4-8,16H,9H2,1-3H3. The Morgan fingerprint density at radius 1 is 1.29 bits per heavy atom. The Labute approximate surface area is 133 Å². The Kier molecular flexibility index (Phi) is 4.75. The second-order valence-corrected chi connectivity index (χ2v) is 7.35. The van der Waals surface area contributed by atoms with Gasteiger partial charge in [-0.25, -0.2) is 8.42 Å². The number of aryl methyl sites for hydroxylation is 1. The molecule has 1 N–H and O–H groups in total. The fourth-order valence-electron chi connectivity index (χ4n) is 1.88. The number of anilines is 1. The molecule has 0 unspecified atom stereocenters. The quantitative estimate of drug-likeness (QED) is 0.876. The summed E-state index contributed by atoms with van der Waals surface area (Å²) in [5.74, 6) is 0.556. The van der Waals surface area contributed by atoms with E-state index in [1.165, 1.54) is 17.4 Å². The van der Waals surface area contributed by atoms with Crippen LogP contribution in [0.2, 0.25) is 0 Å². The van der Waals surface area contributed by atoms with E-state index in [0.29, 0.717) is 18.0 Å². The molecule has 0 spiro atoms. The predicted octanol–water partition coefficient (Wildman–Crippen LogP) is 2.90. The van der Waals surface area contributed by atoms with Crippen molar-refractivity contribution in [2.45, 2.75) is 18.4 Å². The van der Waals surface area contributed by atoms with Gasteiger partial charge in [0.15, 0.2) is 4.67 Å². The largest absolute Gasteiger partial charge is 0.451 e. The van der Waals surface area contributed by atoms with E-state index >= 15 is 0 Å². The number of nitrogens with zero attached hydrogens (tertiary/aromatic N) is 1. The topological polar surface area (TPSA) is 62.6 Å². The molecule has 0 amide bonds. The number of halogens is 1. The molecular weight excluding hydrogens is 356 g/mol. The minimum absolute atomic E-state index is 0.121. The first-order valence-electron chi connectivity index (χ1n) is 6.34. The maximum atomic E-state index is 12.7. The van der Waals surface area contributed by atoms with E-state index in [9.17, 15) is 8.42 Å². The number of hydrogen-bond donors (Lipinski definition) is 1. The second kappa shape index (κ2) is 6.21. The minimum atomic E-state index is -3.67. The monoisotopic (exact) mass is 372 g/mol. The highest BCUT2D eigenvalue weighted by molar-refractivity contribution is 9.10. The SMILES string of the molecule is CNCc1cc(S(=O)(=O)N(C)c2ccc(C)cc2)c(Br)o1. The molecule has 2 rings (SSSR count). The van der Waals surface area contributed by atoms with Gasteiger partial charge in [-0.2, -0.15) is 0 Å². The van der Waals surface area contributed by atoms with Crippen molar-refractivity contribution >= 4 is 31.6 Å². The van der Waals surface area contributed by atoms with E-state index in [1.54, 1.807) is 19.2 Å². The highest BCUT2D eigenvalue weighted by atomic mass is 79.9. The molecule has 0 aliphatic heterocycles. The molecule has 0 fully saturated rings. The molecule has 0 atom stereocenters. The van der Waals surface area contributed by atoms with Crippen LogP contribution in [0, 0.1) is 6.92 Å². The average Bonchev–Trinajstić information content (AvgIpc) is 2.81. The summed E-state index contributed by atoms with van der Waals surface area (Å²) < 4.78 is 32.2. The van der Waals surface area contributed by atoms with Crippen LogP contribution in [0.1, 0.15) is 11.3 Å². The van der Waals surface area contributed by atoms with Gasteiger partial charge in [-0.05, 0) is 42.0 Å². The van der Waals surface area contributed by atoms with Gasteiger partial charge in [-0.1, -0.05) is 17.7 Å². The Morgan fingerprint density at radius 2 is 1.90 bits per heavy atom.